The highest BCUT2D eigenvalue weighted by Gasteiger charge is 2.16. The summed E-state index contributed by atoms with van der Waals surface area (Å²) in [7, 11) is 0. The van der Waals surface area contributed by atoms with Crippen molar-refractivity contribution in [3.05, 3.63) is 23.1 Å². The lowest BCUT2D eigenvalue weighted by Gasteiger charge is -2.04. The Kier molecular flexibility index (Phi) is 3.13. The first-order valence-electron chi connectivity index (χ1n) is 6.29. The molecule has 0 fully saturated rings. The zero-order chi connectivity index (χ0) is 12.6. The van der Waals surface area contributed by atoms with Crippen LogP contribution < -0.4 is 0 Å². The van der Waals surface area contributed by atoms with Gasteiger partial charge in [0.2, 0.25) is 0 Å². The molecule has 2 heterocycles. The number of hydrogen-bond donors (Lipinski definition) is 0. The molecule has 0 saturated heterocycles. The SMILES string of the molecule is CCc1nnn2c(C(C)C)cc(C(C)C)c2n1. The molecule has 0 radical (unpaired) electrons. The summed E-state index contributed by atoms with van der Waals surface area (Å²) in [5.41, 5.74) is 3.42. The molecule has 0 aromatic carbocycles. The van der Waals surface area contributed by atoms with Gasteiger partial charge in [0.1, 0.15) is 0 Å². The van der Waals surface area contributed by atoms with Gasteiger partial charge in [-0.3, -0.25) is 0 Å². The Morgan fingerprint density at radius 2 is 1.88 bits per heavy atom. The molecular weight excluding hydrogens is 212 g/mol. The molecule has 0 amide bonds. The summed E-state index contributed by atoms with van der Waals surface area (Å²) in [6.07, 6.45) is 0.823. The lowest BCUT2D eigenvalue weighted by Crippen LogP contribution is -2.06. The van der Waals surface area contributed by atoms with Crippen molar-refractivity contribution in [2.24, 2.45) is 0 Å². The van der Waals surface area contributed by atoms with E-state index in [1.54, 1.807) is 0 Å². The maximum absolute atomic E-state index is 4.61. The molecular formula is C13H20N4. The Bertz CT molecular complexity index is 525. The van der Waals surface area contributed by atoms with E-state index in [0.717, 1.165) is 17.9 Å². The van der Waals surface area contributed by atoms with Gasteiger partial charge in [-0.1, -0.05) is 39.8 Å². The van der Waals surface area contributed by atoms with Gasteiger partial charge in [0, 0.05) is 17.7 Å². The van der Waals surface area contributed by atoms with Crippen LogP contribution in [0, 0.1) is 0 Å². The molecule has 4 nitrogen and oxygen atoms in total. The average Bonchev–Trinajstić information content (AvgIpc) is 2.67. The van der Waals surface area contributed by atoms with Gasteiger partial charge >= 0.3 is 0 Å². The smallest absolute Gasteiger partial charge is 0.161 e. The van der Waals surface area contributed by atoms with Gasteiger partial charge in [0.15, 0.2) is 11.5 Å². The third kappa shape index (κ3) is 2.04. The normalized spacial score (nSPS) is 11.9. The molecule has 0 aliphatic rings. The van der Waals surface area contributed by atoms with Crippen LogP contribution in [0.3, 0.4) is 0 Å². The van der Waals surface area contributed by atoms with Gasteiger partial charge in [-0.05, 0) is 17.9 Å². The van der Waals surface area contributed by atoms with Crippen molar-refractivity contribution < 1.29 is 0 Å². The van der Waals surface area contributed by atoms with E-state index >= 15 is 0 Å². The predicted molar refractivity (Wildman–Crippen MR) is 68.3 cm³/mol. The molecule has 0 atom stereocenters. The molecule has 0 unspecified atom stereocenters. The van der Waals surface area contributed by atoms with E-state index in [4.69, 9.17) is 0 Å². The zero-order valence-corrected chi connectivity index (χ0v) is 11.2. The molecule has 0 aliphatic heterocycles. The molecule has 2 aromatic heterocycles. The first-order chi connectivity index (χ1) is 8.04. The highest BCUT2D eigenvalue weighted by Crippen LogP contribution is 2.26. The van der Waals surface area contributed by atoms with Crippen molar-refractivity contribution in [2.45, 2.75) is 52.9 Å². The van der Waals surface area contributed by atoms with E-state index in [1.807, 2.05) is 4.52 Å². The van der Waals surface area contributed by atoms with Crippen LogP contribution in [0.4, 0.5) is 0 Å². The minimum atomic E-state index is 0.429. The number of aryl methyl sites for hydroxylation is 1. The molecule has 0 saturated carbocycles. The summed E-state index contributed by atoms with van der Waals surface area (Å²) in [5.74, 6) is 1.70. The van der Waals surface area contributed by atoms with Crippen molar-refractivity contribution in [1.29, 1.82) is 0 Å². The summed E-state index contributed by atoms with van der Waals surface area (Å²) < 4.78 is 1.89. The molecule has 0 N–H and O–H groups in total. The quantitative estimate of drug-likeness (QED) is 0.817. The van der Waals surface area contributed by atoms with Gasteiger partial charge in [0.05, 0.1) is 0 Å². The predicted octanol–water partition coefficient (Wildman–Crippen LogP) is 2.93. The summed E-state index contributed by atoms with van der Waals surface area (Å²) in [6.45, 7) is 10.8. The zero-order valence-electron chi connectivity index (χ0n) is 11.2. The van der Waals surface area contributed by atoms with E-state index in [1.165, 1.54) is 11.3 Å². The van der Waals surface area contributed by atoms with Crippen LogP contribution >= 0.6 is 0 Å². The van der Waals surface area contributed by atoms with E-state index in [9.17, 15) is 0 Å². The third-order valence-corrected chi connectivity index (χ3v) is 3.02. The first kappa shape index (κ1) is 12.0. The second-order valence-electron chi connectivity index (χ2n) is 5.04. The number of aromatic nitrogens is 4. The molecule has 0 aliphatic carbocycles. The van der Waals surface area contributed by atoms with Crippen LogP contribution in [0.15, 0.2) is 6.07 Å². The van der Waals surface area contributed by atoms with Gasteiger partial charge in [-0.15, -0.1) is 5.10 Å². The average molecular weight is 232 g/mol. The van der Waals surface area contributed by atoms with Gasteiger partial charge < -0.3 is 0 Å². The Morgan fingerprint density at radius 1 is 1.18 bits per heavy atom. The van der Waals surface area contributed by atoms with E-state index in [2.05, 4.69) is 56.0 Å². The van der Waals surface area contributed by atoms with Crippen LogP contribution in [0.1, 0.15) is 63.5 Å². The van der Waals surface area contributed by atoms with E-state index in [-0.39, 0.29) is 0 Å². The maximum Gasteiger partial charge on any atom is 0.161 e. The van der Waals surface area contributed by atoms with Crippen LogP contribution in [0.25, 0.3) is 5.65 Å². The second kappa shape index (κ2) is 4.43. The fourth-order valence-corrected chi connectivity index (χ4v) is 1.96. The van der Waals surface area contributed by atoms with E-state index < -0.39 is 0 Å². The lowest BCUT2D eigenvalue weighted by molar-refractivity contribution is 0.677. The highest BCUT2D eigenvalue weighted by atomic mass is 15.4. The summed E-state index contributed by atoms with van der Waals surface area (Å²) >= 11 is 0. The fraction of sp³-hybridized carbons (Fsp3) is 0.615. The van der Waals surface area contributed by atoms with Crippen molar-refractivity contribution in [3.63, 3.8) is 0 Å². The van der Waals surface area contributed by atoms with Crippen LogP contribution in [-0.2, 0) is 6.42 Å². The lowest BCUT2D eigenvalue weighted by atomic mass is 10.0. The Labute approximate surface area is 102 Å². The standard InChI is InChI=1S/C13H20N4/c1-6-12-14-13-10(8(2)3)7-11(9(4)5)17(13)16-15-12/h7-9H,6H2,1-5H3. The molecule has 0 spiro atoms. The molecule has 0 bridgehead atoms. The van der Waals surface area contributed by atoms with Crippen molar-refractivity contribution in [3.8, 4) is 0 Å². The van der Waals surface area contributed by atoms with Gasteiger partial charge in [-0.25, -0.2) is 9.50 Å². The fourth-order valence-electron chi connectivity index (χ4n) is 1.96. The van der Waals surface area contributed by atoms with Crippen LogP contribution in [-0.4, -0.2) is 19.8 Å². The maximum atomic E-state index is 4.61. The van der Waals surface area contributed by atoms with E-state index in [0.29, 0.717) is 11.8 Å². The van der Waals surface area contributed by atoms with Crippen LogP contribution in [0.2, 0.25) is 0 Å². The first-order valence-corrected chi connectivity index (χ1v) is 6.29. The Balaban J connectivity index is 2.72. The molecule has 17 heavy (non-hydrogen) atoms. The number of rotatable bonds is 3. The largest absolute Gasteiger partial charge is 0.211 e. The molecule has 4 heteroatoms. The third-order valence-electron chi connectivity index (χ3n) is 3.02. The number of fused-ring (bicyclic) bond motifs is 1. The van der Waals surface area contributed by atoms with Crippen molar-refractivity contribution in [1.82, 2.24) is 19.8 Å². The number of nitrogens with zero attached hydrogens (tertiary/aromatic N) is 4. The molecule has 2 aromatic rings. The Morgan fingerprint density at radius 3 is 2.41 bits per heavy atom. The van der Waals surface area contributed by atoms with Crippen molar-refractivity contribution >= 4 is 5.65 Å². The molecule has 2 rings (SSSR count). The summed E-state index contributed by atoms with van der Waals surface area (Å²) in [5, 5.41) is 8.42. The minimum absolute atomic E-state index is 0.429. The highest BCUT2D eigenvalue weighted by molar-refractivity contribution is 5.52. The molecule has 92 valence electrons. The van der Waals surface area contributed by atoms with Gasteiger partial charge in [-0.2, -0.15) is 0 Å². The number of hydrogen-bond acceptors (Lipinski definition) is 3. The topological polar surface area (TPSA) is 43.1 Å². The summed E-state index contributed by atoms with van der Waals surface area (Å²) in [6, 6.07) is 2.21. The second-order valence-corrected chi connectivity index (χ2v) is 5.04. The van der Waals surface area contributed by atoms with Crippen molar-refractivity contribution in [2.75, 3.05) is 0 Å². The van der Waals surface area contributed by atoms with Crippen LogP contribution in [0.5, 0.6) is 0 Å². The Hall–Kier alpha value is -1.45. The minimum Gasteiger partial charge on any atom is -0.211 e. The summed E-state index contributed by atoms with van der Waals surface area (Å²) in [4.78, 5) is 4.61. The van der Waals surface area contributed by atoms with Gasteiger partial charge in [0.25, 0.3) is 0 Å². The monoisotopic (exact) mass is 232 g/mol.